The zero-order chi connectivity index (χ0) is 23.8. The highest BCUT2D eigenvalue weighted by molar-refractivity contribution is 6.04. The minimum Gasteiger partial charge on any atom is -0.420 e. The van der Waals surface area contributed by atoms with Crippen LogP contribution in [-0.2, 0) is 7.05 Å². The zero-order valence-electron chi connectivity index (χ0n) is 20.0. The van der Waals surface area contributed by atoms with Gasteiger partial charge in [0.15, 0.2) is 11.4 Å². The van der Waals surface area contributed by atoms with Crippen molar-refractivity contribution in [3.8, 4) is 17.0 Å². The molecule has 2 aliphatic heterocycles. The molecule has 6 rings (SSSR count). The molecule has 0 spiro atoms. The second kappa shape index (κ2) is 9.06. The predicted octanol–water partition coefficient (Wildman–Crippen LogP) is 5.05. The molecule has 0 amide bonds. The summed E-state index contributed by atoms with van der Waals surface area (Å²) >= 11 is 0. The van der Waals surface area contributed by atoms with Crippen molar-refractivity contribution in [3.63, 3.8) is 0 Å². The summed E-state index contributed by atoms with van der Waals surface area (Å²) in [5, 5.41) is 0.806. The monoisotopic (exact) mass is 467 g/mol. The number of hydrogen-bond acceptors (Lipinski definition) is 6. The maximum absolute atomic E-state index is 13.3. The summed E-state index contributed by atoms with van der Waals surface area (Å²) in [4.78, 5) is 28.0. The third-order valence-corrected chi connectivity index (χ3v) is 7.00. The predicted molar refractivity (Wildman–Crippen MR) is 138 cm³/mol. The summed E-state index contributed by atoms with van der Waals surface area (Å²) < 4.78 is 8.26. The van der Waals surface area contributed by atoms with Crippen molar-refractivity contribution in [3.05, 3.63) is 66.2 Å². The number of carbonyl (C=O) groups excluding carboxylic acids is 1. The van der Waals surface area contributed by atoms with Crippen LogP contribution in [0.2, 0.25) is 0 Å². The molecule has 2 saturated heterocycles. The van der Waals surface area contributed by atoms with Crippen LogP contribution in [0.1, 0.15) is 36.0 Å². The molecule has 35 heavy (non-hydrogen) atoms. The lowest BCUT2D eigenvalue weighted by atomic mass is 10.1. The molecule has 7 nitrogen and oxygen atoms in total. The van der Waals surface area contributed by atoms with Gasteiger partial charge in [-0.2, -0.15) is 9.97 Å². The van der Waals surface area contributed by atoms with Gasteiger partial charge in [-0.15, -0.1) is 0 Å². The summed E-state index contributed by atoms with van der Waals surface area (Å²) in [7, 11) is 2.00. The summed E-state index contributed by atoms with van der Waals surface area (Å²) in [6, 6.07) is 19.2. The fourth-order valence-electron chi connectivity index (χ4n) is 5.21. The van der Waals surface area contributed by atoms with E-state index in [4.69, 9.17) is 14.7 Å². The first-order chi connectivity index (χ1) is 17.2. The van der Waals surface area contributed by atoms with Crippen molar-refractivity contribution in [2.45, 2.75) is 25.7 Å². The highest BCUT2D eigenvalue weighted by atomic mass is 16.5. The number of anilines is 2. The molecule has 0 N–H and O–H groups in total. The van der Waals surface area contributed by atoms with Crippen molar-refractivity contribution in [2.24, 2.45) is 7.05 Å². The topological polar surface area (TPSA) is 63.5 Å². The van der Waals surface area contributed by atoms with Crippen molar-refractivity contribution < 1.29 is 9.53 Å². The smallest absolute Gasteiger partial charge is 0.343 e. The largest absolute Gasteiger partial charge is 0.420 e. The molecule has 4 aromatic rings. The number of hydrogen-bond donors (Lipinski definition) is 0. The number of fused-ring (bicyclic) bond motifs is 1. The fourth-order valence-corrected chi connectivity index (χ4v) is 5.21. The van der Waals surface area contributed by atoms with Crippen LogP contribution in [0.5, 0.6) is 5.75 Å². The molecule has 2 aromatic carbocycles. The Morgan fingerprint density at radius 3 is 2.06 bits per heavy atom. The number of rotatable bonds is 5. The molecule has 2 fully saturated rings. The lowest BCUT2D eigenvalue weighted by Crippen LogP contribution is -2.24. The van der Waals surface area contributed by atoms with Crippen LogP contribution in [0.15, 0.2) is 60.7 Å². The van der Waals surface area contributed by atoms with Crippen LogP contribution in [-0.4, -0.2) is 46.7 Å². The normalized spacial score (nSPS) is 15.8. The van der Waals surface area contributed by atoms with Crippen LogP contribution in [0.3, 0.4) is 0 Å². The molecule has 0 radical (unpaired) electrons. The number of nitrogens with zero attached hydrogens (tertiary/aromatic N) is 5. The molecule has 0 unspecified atom stereocenters. The van der Waals surface area contributed by atoms with E-state index < -0.39 is 0 Å². The number of esters is 1. The third-order valence-electron chi connectivity index (χ3n) is 7.00. The first-order valence-corrected chi connectivity index (χ1v) is 12.4. The van der Waals surface area contributed by atoms with E-state index in [1.165, 1.54) is 0 Å². The van der Waals surface area contributed by atoms with Crippen molar-refractivity contribution >= 4 is 28.8 Å². The first-order valence-electron chi connectivity index (χ1n) is 12.4. The Morgan fingerprint density at radius 2 is 1.40 bits per heavy atom. The Balaban J connectivity index is 1.60. The van der Waals surface area contributed by atoms with Gasteiger partial charge in [0.1, 0.15) is 11.2 Å². The second-order valence-corrected chi connectivity index (χ2v) is 9.29. The van der Waals surface area contributed by atoms with Gasteiger partial charge in [-0.05, 0) is 37.8 Å². The standard InChI is InChI=1S/C28H29N5O2/c1-31-23(20-12-4-2-5-13-20)24(35-27(34)21-14-6-3-7-15-21)22-25(31)29-28(33-18-10-11-19-33)30-26(22)32-16-8-9-17-32/h2-7,12-15H,8-11,16-19H2,1H3. The van der Waals surface area contributed by atoms with E-state index in [1.807, 2.05) is 55.6 Å². The average Bonchev–Trinajstić information content (AvgIpc) is 3.67. The fraction of sp³-hybridized carbons (Fsp3) is 0.321. The Kier molecular flexibility index (Phi) is 5.60. The molecule has 2 aromatic heterocycles. The van der Waals surface area contributed by atoms with Crippen molar-refractivity contribution in [1.29, 1.82) is 0 Å². The van der Waals surface area contributed by atoms with Crippen LogP contribution >= 0.6 is 0 Å². The Labute approximate surface area is 205 Å². The lowest BCUT2D eigenvalue weighted by Gasteiger charge is -2.22. The minimum atomic E-state index is -0.383. The molecule has 0 atom stereocenters. The molecule has 0 aliphatic carbocycles. The van der Waals surface area contributed by atoms with Crippen molar-refractivity contribution in [2.75, 3.05) is 36.0 Å². The number of ether oxygens (including phenoxy) is 1. The van der Waals surface area contributed by atoms with E-state index in [1.54, 1.807) is 12.1 Å². The summed E-state index contributed by atoms with van der Waals surface area (Å²) in [5.41, 5.74) is 3.11. The van der Waals surface area contributed by atoms with Gasteiger partial charge < -0.3 is 19.1 Å². The number of aromatic nitrogens is 3. The molecule has 7 heteroatoms. The van der Waals surface area contributed by atoms with Gasteiger partial charge in [-0.3, -0.25) is 0 Å². The quantitative estimate of drug-likeness (QED) is 0.383. The molecule has 4 heterocycles. The van der Waals surface area contributed by atoms with Gasteiger partial charge in [-0.25, -0.2) is 4.79 Å². The lowest BCUT2D eigenvalue weighted by molar-refractivity contribution is 0.0738. The van der Waals surface area contributed by atoms with Crippen molar-refractivity contribution in [1.82, 2.24) is 14.5 Å². The summed E-state index contributed by atoms with van der Waals surface area (Å²) in [5.74, 6) is 1.77. The van der Waals surface area contributed by atoms with E-state index >= 15 is 0 Å². The van der Waals surface area contributed by atoms with Crippen LogP contribution < -0.4 is 14.5 Å². The number of carbonyl (C=O) groups is 1. The van der Waals surface area contributed by atoms with E-state index in [-0.39, 0.29) is 5.97 Å². The van der Waals surface area contributed by atoms with Gasteiger partial charge in [0.05, 0.1) is 11.3 Å². The molecule has 0 bridgehead atoms. The molecular weight excluding hydrogens is 438 g/mol. The van der Waals surface area contributed by atoms with E-state index in [9.17, 15) is 4.79 Å². The second-order valence-electron chi connectivity index (χ2n) is 9.29. The van der Waals surface area contributed by atoms with Gasteiger partial charge in [0.2, 0.25) is 5.95 Å². The number of aryl methyl sites for hydroxylation is 1. The van der Waals surface area contributed by atoms with Gasteiger partial charge >= 0.3 is 5.97 Å². The van der Waals surface area contributed by atoms with Gasteiger partial charge in [0.25, 0.3) is 0 Å². The highest BCUT2D eigenvalue weighted by Gasteiger charge is 2.30. The Bertz CT molecular complexity index is 1350. The van der Waals surface area contributed by atoms with Gasteiger partial charge in [-0.1, -0.05) is 48.5 Å². The Hall–Kier alpha value is -3.87. The van der Waals surface area contributed by atoms with E-state index in [2.05, 4.69) is 14.4 Å². The molecule has 2 aliphatic rings. The third kappa shape index (κ3) is 3.91. The van der Waals surface area contributed by atoms with Gasteiger partial charge in [0, 0.05) is 38.8 Å². The number of benzene rings is 2. The maximum Gasteiger partial charge on any atom is 0.343 e. The SMILES string of the molecule is Cn1c(-c2ccccc2)c(OC(=O)c2ccccc2)c2c(N3CCCC3)nc(N3CCCC3)nc21. The minimum absolute atomic E-state index is 0.383. The van der Waals surface area contributed by atoms with E-state index in [0.717, 1.165) is 85.9 Å². The van der Waals surface area contributed by atoms with Crippen LogP contribution in [0.4, 0.5) is 11.8 Å². The van der Waals surface area contributed by atoms with Crippen LogP contribution in [0.25, 0.3) is 22.3 Å². The Morgan fingerprint density at radius 1 is 0.800 bits per heavy atom. The summed E-state index contributed by atoms with van der Waals surface area (Å²) in [6.07, 6.45) is 4.57. The highest BCUT2D eigenvalue weighted by Crippen LogP contribution is 2.44. The first kappa shape index (κ1) is 21.6. The molecular formula is C28H29N5O2. The zero-order valence-corrected chi connectivity index (χ0v) is 20.0. The van der Waals surface area contributed by atoms with Crippen LogP contribution in [0, 0.1) is 0 Å². The molecule has 178 valence electrons. The van der Waals surface area contributed by atoms with E-state index in [0.29, 0.717) is 11.3 Å². The maximum atomic E-state index is 13.3. The average molecular weight is 468 g/mol. The summed E-state index contributed by atoms with van der Waals surface area (Å²) in [6.45, 7) is 3.81. The molecule has 0 saturated carbocycles.